The number of nitrogens with zero attached hydrogens (tertiary/aromatic N) is 2. The molecule has 0 aliphatic heterocycles. The van der Waals surface area contributed by atoms with Crippen LogP contribution in [0.4, 0.5) is 0 Å². The fourth-order valence-electron chi connectivity index (χ4n) is 3.44. The smallest absolute Gasteiger partial charge is 0.213 e. The van der Waals surface area contributed by atoms with Gasteiger partial charge in [0.25, 0.3) is 0 Å². The van der Waals surface area contributed by atoms with Gasteiger partial charge in [-0.15, -0.1) is 0 Å². The summed E-state index contributed by atoms with van der Waals surface area (Å²) in [7, 11) is 0. The Morgan fingerprint density at radius 3 is 2.45 bits per heavy atom. The zero-order valence-electron chi connectivity index (χ0n) is 12.2. The average Bonchev–Trinajstić information content (AvgIpc) is 2.49. The van der Waals surface area contributed by atoms with Gasteiger partial charge in [-0.25, -0.2) is 0 Å². The Kier molecular flexibility index (Phi) is 6.42. The molecule has 2 saturated carbocycles. The van der Waals surface area contributed by atoms with Gasteiger partial charge in [0.15, 0.2) is 0 Å². The van der Waals surface area contributed by atoms with Gasteiger partial charge in [0.05, 0.1) is 12.2 Å². The monoisotopic (exact) mass is 434 g/mol. The van der Waals surface area contributed by atoms with Crippen LogP contribution < -0.4 is 0 Å². The molecule has 2 aliphatic rings. The summed E-state index contributed by atoms with van der Waals surface area (Å²) in [5.74, 6) is 0.0447. The third-order valence-corrected chi connectivity index (χ3v) is 6.44. The van der Waals surface area contributed by atoms with Crippen LogP contribution in [0.5, 0.6) is 0 Å². The molecular weight excluding hydrogens is 416 g/mol. The first-order valence-electron chi connectivity index (χ1n) is 7.63. The summed E-state index contributed by atoms with van der Waals surface area (Å²) in [5, 5.41) is 30.6. The van der Waals surface area contributed by atoms with Gasteiger partial charge in [-0.3, -0.25) is 10.1 Å². The van der Waals surface area contributed by atoms with Crippen LogP contribution in [0.15, 0.2) is 11.6 Å². The summed E-state index contributed by atoms with van der Waals surface area (Å²) in [6.07, 6.45) is 5.51. The maximum Gasteiger partial charge on any atom is 0.213 e. The highest BCUT2D eigenvalue weighted by atomic mass is 79.9. The first-order chi connectivity index (χ1) is 10.4. The number of nitro groups is 1. The van der Waals surface area contributed by atoms with Gasteiger partial charge in [0.2, 0.25) is 6.04 Å². The number of allylic oxidation sites excluding steroid dienone is 1. The van der Waals surface area contributed by atoms with Crippen LogP contribution in [0, 0.1) is 33.3 Å². The zero-order chi connectivity index (χ0) is 16.3. The summed E-state index contributed by atoms with van der Waals surface area (Å²) in [6, 6.07) is 1.80. The van der Waals surface area contributed by atoms with E-state index in [1.54, 1.807) is 0 Å². The van der Waals surface area contributed by atoms with Crippen molar-refractivity contribution in [2.75, 3.05) is 0 Å². The number of halogens is 2. The molecule has 0 saturated heterocycles. The molecule has 2 rings (SSSR count). The molecule has 5 nitrogen and oxygen atoms in total. The minimum Gasteiger partial charge on any atom is -0.391 e. The summed E-state index contributed by atoms with van der Waals surface area (Å²) in [6.45, 7) is 0. The zero-order valence-corrected chi connectivity index (χ0v) is 15.4. The molecule has 0 unspecified atom stereocenters. The van der Waals surface area contributed by atoms with E-state index in [0.717, 1.165) is 12.8 Å². The Hall–Kier alpha value is -0.450. The van der Waals surface area contributed by atoms with Crippen LogP contribution in [-0.4, -0.2) is 31.8 Å². The number of hydrogen-bond acceptors (Lipinski definition) is 4. The summed E-state index contributed by atoms with van der Waals surface area (Å²) >= 11 is 7.10. The first-order valence-corrected chi connectivity index (χ1v) is 9.47. The van der Waals surface area contributed by atoms with Gasteiger partial charge in [-0.2, -0.15) is 5.26 Å². The Morgan fingerprint density at radius 2 is 1.91 bits per heavy atom. The van der Waals surface area contributed by atoms with Crippen LogP contribution in [0.2, 0.25) is 0 Å². The molecule has 0 aromatic heterocycles. The fraction of sp³-hybridized carbons (Fsp3) is 0.800. The number of aliphatic hydroxyl groups is 1. The van der Waals surface area contributed by atoms with Crippen molar-refractivity contribution >= 4 is 31.9 Å². The van der Waals surface area contributed by atoms with Gasteiger partial charge in [-0.05, 0) is 31.6 Å². The maximum absolute atomic E-state index is 10.8. The lowest BCUT2D eigenvalue weighted by Gasteiger charge is -2.34. The molecule has 1 N–H and O–H groups in total. The fourth-order valence-corrected chi connectivity index (χ4v) is 5.62. The van der Waals surface area contributed by atoms with Gasteiger partial charge in [0.1, 0.15) is 0 Å². The van der Waals surface area contributed by atoms with Crippen LogP contribution in [0.1, 0.15) is 38.5 Å². The third-order valence-electron chi connectivity index (χ3n) is 4.78. The van der Waals surface area contributed by atoms with Crippen molar-refractivity contribution in [2.24, 2.45) is 11.8 Å². The summed E-state index contributed by atoms with van der Waals surface area (Å²) in [5.41, 5.74) is 0.687. The SMILES string of the molecule is N#C/C(=C\[C@H]1C[C@H](Br)C[C@H](Br)[C@@H]1O)C1CCC([N+](=O)[O-])CC1. The normalized spacial score (nSPS) is 40.0. The van der Waals surface area contributed by atoms with Crippen molar-refractivity contribution in [1.82, 2.24) is 0 Å². The van der Waals surface area contributed by atoms with Gasteiger partial charge < -0.3 is 5.11 Å². The van der Waals surface area contributed by atoms with Crippen LogP contribution in [0.25, 0.3) is 0 Å². The molecule has 0 heterocycles. The third kappa shape index (κ3) is 4.30. The minimum atomic E-state index is -0.493. The maximum atomic E-state index is 10.8. The van der Waals surface area contributed by atoms with E-state index in [4.69, 9.17) is 0 Å². The lowest BCUT2D eigenvalue weighted by Crippen LogP contribution is -2.37. The second-order valence-electron chi connectivity index (χ2n) is 6.26. The highest BCUT2D eigenvalue weighted by molar-refractivity contribution is 9.10. The van der Waals surface area contributed by atoms with Gasteiger partial charge in [-0.1, -0.05) is 37.9 Å². The molecule has 2 fully saturated rings. The Bertz CT molecular complexity index is 484. The van der Waals surface area contributed by atoms with E-state index in [9.17, 15) is 20.5 Å². The Morgan fingerprint density at radius 1 is 1.27 bits per heavy atom. The topological polar surface area (TPSA) is 87.2 Å². The van der Waals surface area contributed by atoms with Crippen molar-refractivity contribution in [2.45, 2.75) is 60.3 Å². The molecule has 0 aromatic carbocycles. The molecule has 7 heteroatoms. The number of nitriles is 1. The largest absolute Gasteiger partial charge is 0.391 e. The van der Waals surface area contributed by atoms with Crippen molar-refractivity contribution in [3.63, 3.8) is 0 Å². The number of aliphatic hydroxyl groups excluding tert-OH is 1. The molecule has 4 atom stereocenters. The standard InChI is InChI=1S/C15H20Br2N2O3/c16-12-6-10(15(20)14(17)7-12)5-11(8-18)9-1-3-13(4-2-9)19(21)22/h5,9-10,12-15,20H,1-4,6-7H2/b11-5+/t9?,10-,12-,13?,14-,15+/m0/s1. The molecule has 122 valence electrons. The van der Waals surface area contributed by atoms with E-state index in [-0.39, 0.29) is 21.6 Å². The van der Waals surface area contributed by atoms with Crippen molar-refractivity contribution in [1.29, 1.82) is 5.26 Å². The van der Waals surface area contributed by atoms with E-state index in [2.05, 4.69) is 37.9 Å². The number of alkyl halides is 2. The lowest BCUT2D eigenvalue weighted by atomic mass is 9.78. The van der Waals surface area contributed by atoms with Crippen molar-refractivity contribution in [3.05, 3.63) is 21.8 Å². The first kappa shape index (κ1) is 17.9. The number of rotatable bonds is 3. The van der Waals surface area contributed by atoms with Crippen LogP contribution in [0.3, 0.4) is 0 Å². The predicted octanol–water partition coefficient (Wildman–Crippen LogP) is 3.57. The van der Waals surface area contributed by atoms with Crippen molar-refractivity contribution < 1.29 is 10.0 Å². The predicted molar refractivity (Wildman–Crippen MR) is 90.6 cm³/mol. The minimum absolute atomic E-state index is 0.0250. The van der Waals surface area contributed by atoms with E-state index in [1.165, 1.54) is 0 Å². The molecule has 0 bridgehead atoms. The molecule has 22 heavy (non-hydrogen) atoms. The Balaban J connectivity index is 2.05. The van der Waals surface area contributed by atoms with Gasteiger partial charge in [0, 0.05) is 38.9 Å². The van der Waals surface area contributed by atoms with Crippen LogP contribution in [-0.2, 0) is 0 Å². The van der Waals surface area contributed by atoms with Crippen molar-refractivity contribution in [3.8, 4) is 6.07 Å². The van der Waals surface area contributed by atoms with Crippen LogP contribution >= 0.6 is 31.9 Å². The van der Waals surface area contributed by atoms with Gasteiger partial charge >= 0.3 is 0 Å². The lowest BCUT2D eigenvalue weighted by molar-refractivity contribution is -0.526. The molecule has 0 radical (unpaired) electrons. The highest BCUT2D eigenvalue weighted by Gasteiger charge is 2.35. The second-order valence-corrected chi connectivity index (χ2v) is 8.73. The quantitative estimate of drug-likeness (QED) is 0.317. The van der Waals surface area contributed by atoms with E-state index < -0.39 is 12.1 Å². The molecule has 0 aromatic rings. The molecule has 0 spiro atoms. The average molecular weight is 436 g/mol. The van der Waals surface area contributed by atoms with E-state index in [1.807, 2.05) is 6.08 Å². The number of hydrogen-bond donors (Lipinski definition) is 1. The summed E-state index contributed by atoms with van der Waals surface area (Å²) < 4.78 is 0. The molecular formula is C15H20Br2N2O3. The highest BCUT2D eigenvalue weighted by Crippen LogP contribution is 2.37. The summed E-state index contributed by atoms with van der Waals surface area (Å²) in [4.78, 5) is 11.0. The second kappa shape index (κ2) is 7.89. The molecule has 0 amide bonds. The Labute approximate surface area is 147 Å². The molecule has 2 aliphatic carbocycles. The van der Waals surface area contributed by atoms with E-state index in [0.29, 0.717) is 36.1 Å². The van der Waals surface area contributed by atoms with E-state index >= 15 is 0 Å².